The molecule has 0 aromatic carbocycles. The smallest absolute Gasteiger partial charge is 0.326 e. The molecule has 0 radical (unpaired) electrons. The summed E-state index contributed by atoms with van der Waals surface area (Å²) in [6.45, 7) is 0.271. The van der Waals surface area contributed by atoms with Crippen molar-refractivity contribution in [2.24, 2.45) is 0 Å². The molecule has 1 atom stereocenters. The van der Waals surface area contributed by atoms with Crippen LogP contribution in [0.1, 0.15) is 12.1 Å². The molecule has 0 spiro atoms. The van der Waals surface area contributed by atoms with Crippen molar-refractivity contribution in [3.63, 3.8) is 0 Å². The van der Waals surface area contributed by atoms with Crippen LogP contribution in [0.2, 0.25) is 0 Å². The van der Waals surface area contributed by atoms with Crippen LogP contribution < -0.4 is 10.6 Å². The van der Waals surface area contributed by atoms with Gasteiger partial charge in [-0.1, -0.05) is 0 Å². The Hall–Kier alpha value is -2.58. The Morgan fingerprint density at radius 1 is 1.37 bits per heavy atom. The van der Waals surface area contributed by atoms with E-state index in [4.69, 9.17) is 10.2 Å². The molecule has 0 saturated carbocycles. The van der Waals surface area contributed by atoms with Crippen molar-refractivity contribution < 1.29 is 24.6 Å². The number of carboxylic acids is 2. The molecule has 1 heterocycles. The van der Waals surface area contributed by atoms with E-state index < -0.39 is 30.4 Å². The van der Waals surface area contributed by atoms with Gasteiger partial charge in [0.05, 0.1) is 12.7 Å². The lowest BCUT2D eigenvalue weighted by Gasteiger charge is -2.12. The number of amides is 2. The summed E-state index contributed by atoms with van der Waals surface area (Å²) in [6.07, 6.45) is 2.93. The largest absolute Gasteiger partial charge is 0.481 e. The van der Waals surface area contributed by atoms with Crippen molar-refractivity contribution in [3.8, 4) is 0 Å². The minimum atomic E-state index is -1.45. The number of nitrogens with one attached hydrogen (secondary N) is 3. The van der Waals surface area contributed by atoms with Gasteiger partial charge in [-0.2, -0.15) is 0 Å². The molecular weight excluding hydrogens is 256 g/mol. The topological polar surface area (TPSA) is 144 Å². The molecule has 1 aromatic heterocycles. The average Bonchev–Trinajstić information content (AvgIpc) is 2.80. The first kappa shape index (κ1) is 14.5. The van der Waals surface area contributed by atoms with Crippen LogP contribution in [0.3, 0.4) is 0 Å². The van der Waals surface area contributed by atoms with Gasteiger partial charge in [-0.25, -0.2) is 14.6 Å². The summed E-state index contributed by atoms with van der Waals surface area (Å²) in [7, 11) is 0. The van der Waals surface area contributed by atoms with Gasteiger partial charge in [-0.3, -0.25) is 4.79 Å². The fourth-order valence-electron chi connectivity index (χ4n) is 1.32. The molecule has 5 N–H and O–H groups in total. The second kappa shape index (κ2) is 6.99. The predicted octanol–water partition coefficient (Wildman–Crippen LogP) is -0.821. The molecule has 0 saturated heterocycles. The molecule has 0 bridgehead atoms. The molecular formula is C10H14N4O5. The normalized spacial score (nSPS) is 11.6. The fourth-order valence-corrected chi connectivity index (χ4v) is 1.32. The SMILES string of the molecule is O=C(O)CC(NC(=O)NCCc1cnc[nH]1)C(=O)O. The van der Waals surface area contributed by atoms with Crippen LogP contribution >= 0.6 is 0 Å². The van der Waals surface area contributed by atoms with E-state index in [1.54, 1.807) is 6.20 Å². The molecule has 9 nitrogen and oxygen atoms in total. The Kier molecular flexibility index (Phi) is 5.33. The zero-order chi connectivity index (χ0) is 14.3. The highest BCUT2D eigenvalue weighted by molar-refractivity contribution is 5.86. The van der Waals surface area contributed by atoms with E-state index in [0.717, 1.165) is 5.69 Å². The summed E-state index contributed by atoms with van der Waals surface area (Å²) in [5, 5.41) is 21.7. The van der Waals surface area contributed by atoms with Crippen molar-refractivity contribution in [2.75, 3.05) is 6.54 Å². The first-order valence-corrected chi connectivity index (χ1v) is 5.45. The van der Waals surface area contributed by atoms with Crippen LogP contribution in [-0.2, 0) is 16.0 Å². The minimum absolute atomic E-state index is 0.271. The summed E-state index contributed by atoms with van der Waals surface area (Å²) in [5.74, 6) is -2.70. The highest BCUT2D eigenvalue weighted by Gasteiger charge is 2.22. The summed E-state index contributed by atoms with van der Waals surface area (Å²) >= 11 is 0. The fraction of sp³-hybridized carbons (Fsp3) is 0.400. The Bertz CT molecular complexity index is 445. The molecule has 19 heavy (non-hydrogen) atoms. The Labute approximate surface area is 108 Å². The van der Waals surface area contributed by atoms with Gasteiger partial charge in [0.2, 0.25) is 0 Å². The lowest BCUT2D eigenvalue weighted by molar-refractivity contribution is -0.145. The number of carbonyl (C=O) groups is 3. The summed E-state index contributed by atoms with van der Waals surface area (Å²) < 4.78 is 0. The number of carbonyl (C=O) groups excluding carboxylic acids is 1. The number of H-pyrrole nitrogens is 1. The Morgan fingerprint density at radius 2 is 2.11 bits per heavy atom. The van der Waals surface area contributed by atoms with Gasteiger partial charge in [0.15, 0.2) is 0 Å². The molecule has 0 fully saturated rings. The number of aliphatic carboxylic acids is 2. The molecule has 0 aliphatic carbocycles. The van der Waals surface area contributed by atoms with Crippen molar-refractivity contribution in [2.45, 2.75) is 18.9 Å². The quantitative estimate of drug-likeness (QED) is 0.437. The predicted molar refractivity (Wildman–Crippen MR) is 62.5 cm³/mol. The number of rotatable bonds is 7. The zero-order valence-corrected chi connectivity index (χ0v) is 9.92. The van der Waals surface area contributed by atoms with Gasteiger partial charge in [0.25, 0.3) is 0 Å². The Balaban J connectivity index is 2.32. The summed E-state index contributed by atoms with van der Waals surface area (Å²) in [6, 6.07) is -2.18. The van der Waals surface area contributed by atoms with Crippen molar-refractivity contribution in [3.05, 3.63) is 18.2 Å². The number of aromatic nitrogens is 2. The number of urea groups is 1. The number of hydrogen-bond acceptors (Lipinski definition) is 4. The molecule has 1 aromatic rings. The van der Waals surface area contributed by atoms with Gasteiger partial charge in [0.1, 0.15) is 6.04 Å². The molecule has 9 heteroatoms. The second-order valence-electron chi connectivity index (χ2n) is 3.72. The minimum Gasteiger partial charge on any atom is -0.481 e. The lowest BCUT2D eigenvalue weighted by Crippen LogP contribution is -2.47. The molecule has 1 rings (SSSR count). The number of carboxylic acid groups (broad SMARTS) is 2. The zero-order valence-electron chi connectivity index (χ0n) is 9.92. The maximum absolute atomic E-state index is 11.4. The Morgan fingerprint density at radius 3 is 2.63 bits per heavy atom. The van der Waals surface area contributed by atoms with Gasteiger partial charge in [-0.05, 0) is 0 Å². The highest BCUT2D eigenvalue weighted by atomic mass is 16.4. The maximum atomic E-state index is 11.4. The maximum Gasteiger partial charge on any atom is 0.326 e. The number of aromatic amines is 1. The first-order valence-electron chi connectivity index (χ1n) is 5.45. The van der Waals surface area contributed by atoms with Crippen molar-refractivity contribution >= 4 is 18.0 Å². The number of nitrogens with zero attached hydrogens (tertiary/aromatic N) is 1. The molecule has 0 aliphatic rings. The van der Waals surface area contributed by atoms with Gasteiger partial charge >= 0.3 is 18.0 Å². The van der Waals surface area contributed by atoms with Crippen LogP contribution in [0.5, 0.6) is 0 Å². The van der Waals surface area contributed by atoms with Crippen LogP contribution in [0.4, 0.5) is 4.79 Å². The van der Waals surface area contributed by atoms with Crippen LogP contribution in [0.25, 0.3) is 0 Å². The second-order valence-corrected chi connectivity index (χ2v) is 3.72. The van der Waals surface area contributed by atoms with E-state index in [9.17, 15) is 14.4 Å². The molecule has 104 valence electrons. The average molecular weight is 270 g/mol. The third kappa shape index (κ3) is 5.52. The van der Waals surface area contributed by atoms with Gasteiger partial charge < -0.3 is 25.8 Å². The van der Waals surface area contributed by atoms with Crippen LogP contribution in [0, 0.1) is 0 Å². The van der Waals surface area contributed by atoms with E-state index in [1.807, 2.05) is 0 Å². The summed E-state index contributed by atoms with van der Waals surface area (Å²) in [4.78, 5) is 39.1. The van der Waals surface area contributed by atoms with Crippen molar-refractivity contribution in [1.29, 1.82) is 0 Å². The monoisotopic (exact) mass is 270 g/mol. The number of imidazole rings is 1. The summed E-state index contributed by atoms with van der Waals surface area (Å²) in [5.41, 5.74) is 0.820. The number of hydrogen-bond donors (Lipinski definition) is 5. The molecule has 0 aliphatic heterocycles. The van der Waals surface area contributed by atoms with Crippen LogP contribution in [-0.4, -0.2) is 50.7 Å². The van der Waals surface area contributed by atoms with Gasteiger partial charge in [0, 0.05) is 24.9 Å². The first-order chi connectivity index (χ1) is 8.99. The van der Waals surface area contributed by atoms with E-state index >= 15 is 0 Å². The standard InChI is InChI=1S/C10H14N4O5/c15-8(16)3-7(9(17)18)14-10(19)12-2-1-6-4-11-5-13-6/h4-5,7H,1-3H2,(H,11,13)(H,15,16)(H,17,18)(H2,12,14,19). The third-order valence-corrected chi connectivity index (χ3v) is 2.22. The molecule has 2 amide bonds. The third-order valence-electron chi connectivity index (χ3n) is 2.22. The van der Waals surface area contributed by atoms with Crippen LogP contribution in [0.15, 0.2) is 12.5 Å². The molecule has 1 unspecified atom stereocenters. The van der Waals surface area contributed by atoms with Gasteiger partial charge in [-0.15, -0.1) is 0 Å². The highest BCUT2D eigenvalue weighted by Crippen LogP contribution is 1.93. The lowest BCUT2D eigenvalue weighted by atomic mass is 10.2. The van der Waals surface area contributed by atoms with E-state index in [0.29, 0.717) is 6.42 Å². The van der Waals surface area contributed by atoms with E-state index in [-0.39, 0.29) is 6.54 Å². The van der Waals surface area contributed by atoms with E-state index in [2.05, 4.69) is 20.6 Å². The van der Waals surface area contributed by atoms with Crippen molar-refractivity contribution in [1.82, 2.24) is 20.6 Å². The van der Waals surface area contributed by atoms with E-state index in [1.165, 1.54) is 6.33 Å².